The summed E-state index contributed by atoms with van der Waals surface area (Å²) in [6.07, 6.45) is 0. The van der Waals surface area contributed by atoms with E-state index < -0.39 is 0 Å². The van der Waals surface area contributed by atoms with Gasteiger partial charge in [-0.2, -0.15) is 0 Å². The summed E-state index contributed by atoms with van der Waals surface area (Å²) in [4.78, 5) is 0. The molecule has 0 saturated carbocycles. The molecule has 4 heteroatoms. The zero-order valence-corrected chi connectivity index (χ0v) is 12.1. The van der Waals surface area contributed by atoms with Gasteiger partial charge in [0, 0.05) is 11.3 Å². The average molecular weight is 279 g/mol. The van der Waals surface area contributed by atoms with Crippen molar-refractivity contribution >= 4 is 5.69 Å². The quantitative estimate of drug-likeness (QED) is 0.777. The molecule has 1 aromatic heterocycles. The highest BCUT2D eigenvalue weighted by atomic mass is 16.4. The van der Waals surface area contributed by atoms with Gasteiger partial charge in [-0.1, -0.05) is 30.3 Å². The minimum Gasteiger partial charge on any atom is -0.418 e. The predicted octanol–water partition coefficient (Wildman–Crippen LogP) is 4.22. The van der Waals surface area contributed by atoms with Crippen LogP contribution in [0.4, 0.5) is 5.69 Å². The molecule has 0 amide bonds. The number of aromatic nitrogens is 2. The van der Waals surface area contributed by atoms with Gasteiger partial charge in [-0.05, 0) is 43.7 Å². The summed E-state index contributed by atoms with van der Waals surface area (Å²) in [5.74, 6) is 1.12. The number of benzene rings is 2. The highest BCUT2D eigenvalue weighted by molar-refractivity contribution is 5.52. The molecule has 1 N–H and O–H groups in total. The van der Waals surface area contributed by atoms with Crippen LogP contribution in [-0.4, -0.2) is 10.2 Å². The van der Waals surface area contributed by atoms with E-state index in [1.54, 1.807) is 0 Å². The van der Waals surface area contributed by atoms with Crippen LogP contribution in [0.2, 0.25) is 0 Å². The average Bonchev–Trinajstić information content (AvgIpc) is 2.98. The number of nitrogens with one attached hydrogen (secondary N) is 1. The normalized spacial score (nSPS) is 12.1. The Labute approximate surface area is 123 Å². The zero-order valence-electron chi connectivity index (χ0n) is 12.1. The molecule has 4 nitrogen and oxygen atoms in total. The van der Waals surface area contributed by atoms with Crippen LogP contribution >= 0.6 is 0 Å². The summed E-state index contributed by atoms with van der Waals surface area (Å²) < 4.78 is 5.75. The lowest BCUT2D eigenvalue weighted by molar-refractivity contribution is 0.485. The largest absolute Gasteiger partial charge is 0.418 e. The molecule has 1 atom stereocenters. The van der Waals surface area contributed by atoms with Gasteiger partial charge in [0.05, 0.1) is 0 Å². The fraction of sp³-hybridized carbons (Fsp3) is 0.176. The van der Waals surface area contributed by atoms with Crippen molar-refractivity contribution in [1.82, 2.24) is 10.2 Å². The third kappa shape index (κ3) is 3.11. The van der Waals surface area contributed by atoms with E-state index in [0.717, 1.165) is 11.3 Å². The maximum Gasteiger partial charge on any atom is 0.247 e. The Morgan fingerprint density at radius 1 is 1.00 bits per heavy atom. The van der Waals surface area contributed by atoms with E-state index in [4.69, 9.17) is 4.42 Å². The zero-order chi connectivity index (χ0) is 14.7. The van der Waals surface area contributed by atoms with Crippen molar-refractivity contribution in [3.8, 4) is 11.5 Å². The Balaban J connectivity index is 1.77. The molecule has 0 aliphatic heterocycles. The number of aryl methyl sites for hydroxylation is 1. The molecular weight excluding hydrogens is 262 g/mol. The van der Waals surface area contributed by atoms with Gasteiger partial charge in [0.2, 0.25) is 11.8 Å². The number of hydrogen-bond donors (Lipinski definition) is 1. The maximum absolute atomic E-state index is 5.75. The molecule has 0 saturated heterocycles. The molecule has 3 aromatic rings. The van der Waals surface area contributed by atoms with Gasteiger partial charge in [-0.15, -0.1) is 10.2 Å². The van der Waals surface area contributed by atoms with E-state index in [9.17, 15) is 0 Å². The van der Waals surface area contributed by atoms with Crippen LogP contribution in [-0.2, 0) is 0 Å². The van der Waals surface area contributed by atoms with E-state index in [1.807, 2.05) is 49.4 Å². The Kier molecular flexibility index (Phi) is 3.69. The second kappa shape index (κ2) is 5.79. The van der Waals surface area contributed by atoms with Crippen molar-refractivity contribution in [2.24, 2.45) is 0 Å². The van der Waals surface area contributed by atoms with Crippen LogP contribution in [0.3, 0.4) is 0 Å². The van der Waals surface area contributed by atoms with Crippen LogP contribution in [0.25, 0.3) is 11.5 Å². The molecule has 2 aromatic carbocycles. The monoisotopic (exact) mass is 279 g/mol. The molecule has 106 valence electrons. The molecule has 0 spiro atoms. The van der Waals surface area contributed by atoms with Crippen LogP contribution in [0.1, 0.15) is 24.4 Å². The van der Waals surface area contributed by atoms with Crippen LogP contribution in [0, 0.1) is 6.92 Å². The SMILES string of the molecule is Cc1cccc(NC(C)c2nnc(-c3ccccc3)o2)c1. The van der Waals surface area contributed by atoms with Crippen LogP contribution < -0.4 is 5.32 Å². The first-order valence-corrected chi connectivity index (χ1v) is 6.94. The van der Waals surface area contributed by atoms with Gasteiger partial charge in [0.15, 0.2) is 0 Å². The van der Waals surface area contributed by atoms with Gasteiger partial charge in [0.25, 0.3) is 0 Å². The van der Waals surface area contributed by atoms with Gasteiger partial charge in [-0.25, -0.2) is 0 Å². The minimum absolute atomic E-state index is 0.0447. The number of hydrogen-bond acceptors (Lipinski definition) is 4. The Morgan fingerprint density at radius 3 is 2.57 bits per heavy atom. The number of nitrogens with zero attached hydrogens (tertiary/aromatic N) is 2. The second-order valence-corrected chi connectivity index (χ2v) is 5.05. The van der Waals surface area contributed by atoms with E-state index in [0.29, 0.717) is 11.8 Å². The van der Waals surface area contributed by atoms with Crippen molar-refractivity contribution < 1.29 is 4.42 Å². The first-order valence-electron chi connectivity index (χ1n) is 6.94. The number of rotatable bonds is 4. The second-order valence-electron chi connectivity index (χ2n) is 5.05. The molecule has 0 bridgehead atoms. The standard InChI is InChI=1S/C17H17N3O/c1-12-7-6-10-15(11-12)18-13(2)16-19-20-17(21-16)14-8-4-3-5-9-14/h3-11,13,18H,1-2H3. The fourth-order valence-electron chi connectivity index (χ4n) is 2.15. The highest BCUT2D eigenvalue weighted by Gasteiger charge is 2.14. The third-order valence-corrected chi connectivity index (χ3v) is 3.23. The summed E-state index contributed by atoms with van der Waals surface area (Å²) in [6, 6.07) is 17.9. The summed E-state index contributed by atoms with van der Waals surface area (Å²) >= 11 is 0. The lowest BCUT2D eigenvalue weighted by atomic mass is 10.2. The van der Waals surface area contributed by atoms with Crippen molar-refractivity contribution in [3.05, 3.63) is 66.1 Å². The van der Waals surface area contributed by atoms with Gasteiger partial charge in [-0.3, -0.25) is 0 Å². The van der Waals surface area contributed by atoms with Gasteiger partial charge in [0.1, 0.15) is 6.04 Å². The molecular formula is C17H17N3O. The van der Waals surface area contributed by atoms with Gasteiger partial charge >= 0.3 is 0 Å². The summed E-state index contributed by atoms with van der Waals surface area (Å²) in [5, 5.41) is 11.6. The molecule has 3 rings (SSSR count). The van der Waals surface area contributed by atoms with Crippen LogP contribution in [0.15, 0.2) is 59.0 Å². The molecule has 1 heterocycles. The molecule has 0 radical (unpaired) electrons. The Hall–Kier alpha value is -2.62. The molecule has 1 unspecified atom stereocenters. The minimum atomic E-state index is -0.0447. The summed E-state index contributed by atoms with van der Waals surface area (Å²) in [5.41, 5.74) is 3.18. The fourth-order valence-corrected chi connectivity index (χ4v) is 2.15. The topological polar surface area (TPSA) is 51.0 Å². The predicted molar refractivity (Wildman–Crippen MR) is 83.0 cm³/mol. The van der Waals surface area contributed by atoms with Gasteiger partial charge < -0.3 is 9.73 Å². The summed E-state index contributed by atoms with van der Waals surface area (Å²) in [7, 11) is 0. The molecule has 0 aliphatic rings. The van der Waals surface area contributed by atoms with E-state index in [-0.39, 0.29) is 6.04 Å². The molecule has 21 heavy (non-hydrogen) atoms. The maximum atomic E-state index is 5.75. The van der Waals surface area contributed by atoms with Crippen molar-refractivity contribution in [2.75, 3.05) is 5.32 Å². The van der Waals surface area contributed by atoms with E-state index in [1.165, 1.54) is 5.56 Å². The number of anilines is 1. The van der Waals surface area contributed by atoms with E-state index in [2.05, 4.69) is 34.6 Å². The van der Waals surface area contributed by atoms with Crippen LogP contribution in [0.5, 0.6) is 0 Å². The third-order valence-electron chi connectivity index (χ3n) is 3.23. The summed E-state index contributed by atoms with van der Waals surface area (Å²) in [6.45, 7) is 4.07. The molecule has 0 fully saturated rings. The Bertz CT molecular complexity index is 722. The van der Waals surface area contributed by atoms with Crippen molar-refractivity contribution in [1.29, 1.82) is 0 Å². The Morgan fingerprint density at radius 2 is 1.81 bits per heavy atom. The first-order chi connectivity index (χ1) is 10.2. The van der Waals surface area contributed by atoms with Crippen molar-refractivity contribution in [2.45, 2.75) is 19.9 Å². The lowest BCUT2D eigenvalue weighted by Crippen LogP contribution is -2.07. The van der Waals surface area contributed by atoms with E-state index >= 15 is 0 Å². The smallest absolute Gasteiger partial charge is 0.247 e. The highest BCUT2D eigenvalue weighted by Crippen LogP contribution is 2.23. The van der Waals surface area contributed by atoms with Crippen molar-refractivity contribution in [3.63, 3.8) is 0 Å². The lowest BCUT2D eigenvalue weighted by Gasteiger charge is -2.11. The first kappa shape index (κ1) is 13.4. The molecule has 0 aliphatic carbocycles.